The molecule has 1 atom stereocenters. The molecule has 0 aliphatic heterocycles. The fourth-order valence-corrected chi connectivity index (χ4v) is 4.54. The maximum Gasteiger partial charge on any atom is 0.365 e. The Morgan fingerprint density at radius 2 is 1.44 bits per heavy atom. The molecule has 0 amide bonds. The van der Waals surface area contributed by atoms with E-state index in [9.17, 15) is 23.2 Å². The van der Waals surface area contributed by atoms with Crippen LogP contribution in [0.3, 0.4) is 0 Å². The summed E-state index contributed by atoms with van der Waals surface area (Å²) in [7, 11) is 1.19. The van der Waals surface area contributed by atoms with E-state index >= 15 is 0 Å². The number of carbonyl (C=O) groups is 2. The van der Waals surface area contributed by atoms with Crippen LogP contribution >= 0.6 is 23.5 Å². The highest BCUT2D eigenvalue weighted by atomic mass is 32.2. The summed E-state index contributed by atoms with van der Waals surface area (Å²) in [4.78, 5) is 53.0. The van der Waals surface area contributed by atoms with Crippen molar-refractivity contribution in [1.29, 1.82) is 0 Å². The van der Waals surface area contributed by atoms with Crippen LogP contribution in [0.5, 0.6) is 0 Å². The first-order chi connectivity index (χ1) is 20.7. The number of aromatic nitrogens is 5. The zero-order valence-corrected chi connectivity index (χ0v) is 24.5. The molecule has 1 N–H and O–H groups in total. The van der Waals surface area contributed by atoms with E-state index in [1.807, 2.05) is 6.26 Å². The second-order valence-corrected chi connectivity index (χ2v) is 10.0. The van der Waals surface area contributed by atoms with Crippen molar-refractivity contribution in [3.8, 4) is 22.5 Å². The molecule has 3 aromatic heterocycles. The Morgan fingerprint density at radius 3 is 2.05 bits per heavy atom. The number of H-pyrrole nitrogens is 1. The van der Waals surface area contributed by atoms with E-state index < -0.39 is 29.1 Å². The highest BCUT2D eigenvalue weighted by Gasteiger charge is 2.31. The molecule has 1 unspecified atom stereocenters. The van der Waals surface area contributed by atoms with E-state index in [1.165, 1.54) is 91.4 Å². The lowest BCUT2D eigenvalue weighted by Gasteiger charge is -2.13. The summed E-state index contributed by atoms with van der Waals surface area (Å²) >= 11 is 2.68. The highest BCUT2D eigenvalue weighted by Crippen LogP contribution is 2.28. The first-order valence-electron chi connectivity index (χ1n) is 12.3. The SMILES string of the molecule is COC(=O)C(C(=O)c1ccnc(SC)n1)c1ccc(F)cc1.CSc1nccc(-c2[nH]oc(=O)c2-c2ccc(F)cc2)n1. The van der Waals surface area contributed by atoms with Crippen LogP contribution in [0, 0.1) is 11.6 Å². The first kappa shape index (κ1) is 31.3. The molecule has 0 bridgehead atoms. The molecule has 0 saturated heterocycles. The lowest BCUT2D eigenvalue weighted by Crippen LogP contribution is -2.24. The zero-order valence-electron chi connectivity index (χ0n) is 22.9. The van der Waals surface area contributed by atoms with E-state index in [0.717, 1.165) is 0 Å². The van der Waals surface area contributed by atoms with Gasteiger partial charge >= 0.3 is 11.6 Å². The quantitative estimate of drug-likeness (QED) is 0.0778. The molecular weight excluding hydrogens is 600 g/mol. The number of ketones is 1. The van der Waals surface area contributed by atoms with Gasteiger partial charge in [0.2, 0.25) is 0 Å². The second kappa shape index (κ2) is 14.5. The fourth-order valence-electron chi connectivity index (χ4n) is 3.83. The molecule has 0 aliphatic rings. The van der Waals surface area contributed by atoms with Gasteiger partial charge in [-0.25, -0.2) is 38.7 Å². The third kappa shape index (κ3) is 7.59. The van der Waals surface area contributed by atoms with Crippen molar-refractivity contribution in [3.05, 3.63) is 106 Å². The third-order valence-electron chi connectivity index (χ3n) is 5.88. The summed E-state index contributed by atoms with van der Waals surface area (Å²) in [6.07, 6.45) is 6.69. The van der Waals surface area contributed by atoms with Crippen LogP contribution < -0.4 is 5.63 Å². The molecule has 0 saturated carbocycles. The van der Waals surface area contributed by atoms with Crippen LogP contribution in [0.1, 0.15) is 22.0 Å². The van der Waals surface area contributed by atoms with Gasteiger partial charge in [-0.2, -0.15) is 0 Å². The predicted octanol–water partition coefficient (Wildman–Crippen LogP) is 5.43. The molecule has 0 fully saturated rings. The molecule has 5 aromatic rings. The van der Waals surface area contributed by atoms with E-state index in [0.29, 0.717) is 38.4 Å². The number of benzene rings is 2. The van der Waals surface area contributed by atoms with Gasteiger partial charge < -0.3 is 9.26 Å². The normalized spacial score (nSPS) is 11.3. The Labute approximate surface area is 252 Å². The number of nitrogens with zero attached hydrogens (tertiary/aromatic N) is 4. The Kier molecular flexibility index (Phi) is 10.5. The number of nitrogens with one attached hydrogen (secondary N) is 1. The summed E-state index contributed by atoms with van der Waals surface area (Å²) in [5, 5.41) is 3.58. The van der Waals surface area contributed by atoms with Crippen LogP contribution in [0.4, 0.5) is 8.78 Å². The number of halogens is 2. The average Bonchev–Trinajstić information content (AvgIpc) is 3.43. The highest BCUT2D eigenvalue weighted by molar-refractivity contribution is 7.98. The second-order valence-electron chi connectivity index (χ2n) is 8.48. The summed E-state index contributed by atoms with van der Waals surface area (Å²) < 4.78 is 35.6. The average molecular weight is 624 g/mol. The zero-order chi connectivity index (χ0) is 30.9. The maximum absolute atomic E-state index is 13.0. The van der Waals surface area contributed by atoms with Crippen molar-refractivity contribution >= 4 is 35.3 Å². The number of ether oxygens (including phenoxy) is 1. The van der Waals surface area contributed by atoms with Crippen LogP contribution in [0.15, 0.2) is 92.7 Å². The topological polar surface area (TPSA) is 141 Å². The van der Waals surface area contributed by atoms with Gasteiger partial charge in [0.1, 0.15) is 28.9 Å². The molecular formula is C29H23F2N5O5S2. The smallest absolute Gasteiger partial charge is 0.365 e. The van der Waals surface area contributed by atoms with Crippen LogP contribution in [-0.4, -0.2) is 56.5 Å². The van der Waals surface area contributed by atoms with E-state index in [2.05, 4.69) is 25.1 Å². The lowest BCUT2D eigenvalue weighted by molar-refractivity contribution is -0.141. The van der Waals surface area contributed by atoms with Crippen molar-refractivity contribution in [2.45, 2.75) is 16.2 Å². The largest absolute Gasteiger partial charge is 0.468 e. The van der Waals surface area contributed by atoms with Gasteiger partial charge in [0.25, 0.3) is 0 Å². The van der Waals surface area contributed by atoms with Crippen LogP contribution in [0.2, 0.25) is 0 Å². The minimum atomic E-state index is -1.18. The molecule has 220 valence electrons. The number of esters is 1. The molecule has 5 rings (SSSR count). The number of aromatic amines is 1. The van der Waals surface area contributed by atoms with E-state index in [1.54, 1.807) is 18.5 Å². The number of rotatable bonds is 8. The first-order valence-corrected chi connectivity index (χ1v) is 14.8. The Hall–Kier alpha value is -4.69. The van der Waals surface area contributed by atoms with Crippen molar-refractivity contribution < 1.29 is 27.6 Å². The molecule has 0 spiro atoms. The standard InChI is InChI=1S/C15H13FN2O3S.C14H10FN3O2S/c1-21-14(20)12(9-3-5-10(16)6-4-9)13(19)11-7-8-17-15(18-11)22-2;1-21-14-16-7-6-10(17-14)12-11(13(19)20-18-12)8-2-4-9(15)5-3-8/h3-8,12H,1-2H3;2-7,18H,1H3. The summed E-state index contributed by atoms with van der Waals surface area (Å²) in [5.74, 6) is -3.24. The van der Waals surface area contributed by atoms with Gasteiger partial charge in [0, 0.05) is 12.4 Å². The van der Waals surface area contributed by atoms with Gasteiger partial charge in [-0.3, -0.25) is 9.59 Å². The maximum atomic E-state index is 13.0. The molecule has 0 radical (unpaired) electrons. The Balaban J connectivity index is 0.000000197. The fraction of sp³-hybridized carbons (Fsp3) is 0.138. The molecule has 2 aromatic carbocycles. The van der Waals surface area contributed by atoms with Crippen LogP contribution in [-0.2, 0) is 9.53 Å². The van der Waals surface area contributed by atoms with Gasteiger partial charge in [-0.1, -0.05) is 47.8 Å². The molecule has 0 aliphatic carbocycles. The van der Waals surface area contributed by atoms with Gasteiger partial charge in [-0.15, -0.1) is 0 Å². The number of thioether (sulfide) groups is 2. The number of hydrogen-bond donors (Lipinski definition) is 1. The van der Waals surface area contributed by atoms with E-state index in [4.69, 9.17) is 9.26 Å². The van der Waals surface area contributed by atoms with Crippen molar-refractivity contribution in [2.24, 2.45) is 0 Å². The predicted molar refractivity (Wildman–Crippen MR) is 157 cm³/mol. The minimum Gasteiger partial charge on any atom is -0.468 e. The lowest BCUT2D eigenvalue weighted by atomic mass is 9.93. The molecule has 3 heterocycles. The summed E-state index contributed by atoms with van der Waals surface area (Å²) in [6.45, 7) is 0. The minimum absolute atomic E-state index is 0.110. The molecule has 10 nitrogen and oxygen atoms in total. The number of methoxy groups -OCH3 is 1. The molecule has 43 heavy (non-hydrogen) atoms. The van der Waals surface area contributed by atoms with Crippen molar-refractivity contribution in [3.63, 3.8) is 0 Å². The van der Waals surface area contributed by atoms with E-state index in [-0.39, 0.29) is 11.5 Å². The van der Waals surface area contributed by atoms with Crippen molar-refractivity contribution in [2.75, 3.05) is 19.6 Å². The Bertz CT molecular complexity index is 1780. The van der Waals surface area contributed by atoms with Crippen LogP contribution in [0.25, 0.3) is 22.5 Å². The van der Waals surface area contributed by atoms with Gasteiger partial charge in [0.05, 0.1) is 18.4 Å². The number of carbonyl (C=O) groups excluding carboxylic acids is 2. The third-order valence-corrected chi connectivity index (χ3v) is 7.00. The van der Waals surface area contributed by atoms with Gasteiger partial charge in [0.15, 0.2) is 16.1 Å². The van der Waals surface area contributed by atoms with Gasteiger partial charge in [-0.05, 0) is 60.0 Å². The monoisotopic (exact) mass is 623 g/mol. The number of hydrogen-bond acceptors (Lipinski definition) is 11. The van der Waals surface area contributed by atoms with Crippen molar-refractivity contribution in [1.82, 2.24) is 25.1 Å². The Morgan fingerprint density at radius 1 is 0.860 bits per heavy atom. The summed E-state index contributed by atoms with van der Waals surface area (Å²) in [6, 6.07) is 13.9. The number of Topliss-reactive ketones (excluding diaryl/α,β-unsaturated/α-hetero) is 1. The summed E-state index contributed by atoms with van der Waals surface area (Å²) in [5.41, 5.74) is 1.80. The molecule has 14 heteroatoms.